The molecule has 0 aliphatic carbocycles. The zero-order valence-electron chi connectivity index (χ0n) is 20.4. The van der Waals surface area contributed by atoms with E-state index in [4.69, 9.17) is 4.74 Å². The van der Waals surface area contributed by atoms with Crippen molar-refractivity contribution in [2.45, 2.75) is 64.1 Å². The Hall–Kier alpha value is -2.58. The van der Waals surface area contributed by atoms with Crippen molar-refractivity contribution in [3.8, 4) is 5.75 Å². The van der Waals surface area contributed by atoms with Gasteiger partial charge in [0.15, 0.2) is 0 Å². The van der Waals surface area contributed by atoms with Crippen LogP contribution in [-0.4, -0.2) is 8.07 Å². The summed E-state index contributed by atoms with van der Waals surface area (Å²) in [6, 6.07) is 23.8. The zero-order chi connectivity index (χ0) is 23.0. The number of hydrogen-bond donors (Lipinski definition) is 0. The summed E-state index contributed by atoms with van der Waals surface area (Å²) in [6.45, 7) is 19.0. The minimum absolute atomic E-state index is 0.106. The monoisotopic (exact) mass is 440 g/mol. The molecule has 3 aromatic carbocycles. The summed E-state index contributed by atoms with van der Waals surface area (Å²) in [5, 5.41) is 2.45. The number of benzene rings is 3. The molecule has 1 aliphatic rings. The van der Waals surface area contributed by atoms with E-state index >= 15 is 0 Å². The van der Waals surface area contributed by atoms with E-state index in [1.807, 2.05) is 0 Å². The van der Waals surface area contributed by atoms with Crippen molar-refractivity contribution in [2.24, 2.45) is 0 Å². The van der Waals surface area contributed by atoms with Crippen molar-refractivity contribution in [2.75, 3.05) is 0 Å². The molecule has 0 aromatic heterocycles. The minimum Gasteiger partial charge on any atom is -0.457 e. The van der Waals surface area contributed by atoms with Crippen LogP contribution in [0.1, 0.15) is 58.6 Å². The van der Waals surface area contributed by atoms with E-state index in [0.717, 1.165) is 17.1 Å². The third-order valence-corrected chi connectivity index (χ3v) is 14.4. The van der Waals surface area contributed by atoms with Gasteiger partial charge in [0.2, 0.25) is 0 Å². The molecule has 1 unspecified atom stereocenters. The molecule has 2 heteroatoms. The Morgan fingerprint density at radius 2 is 1.31 bits per heavy atom. The SMILES string of the molecule is C=C1/C(=C/[Si](C(C)C)(C(C)C)C(C)C)Oc2cc3ccccc3cc2C1c1ccccc1. The zero-order valence-corrected chi connectivity index (χ0v) is 21.4. The normalized spacial score (nSPS) is 18.0. The third-order valence-electron chi connectivity index (χ3n) is 7.59. The summed E-state index contributed by atoms with van der Waals surface area (Å²) in [4.78, 5) is 0. The second-order valence-corrected chi connectivity index (χ2v) is 15.9. The maximum Gasteiger partial charge on any atom is 0.132 e. The first-order chi connectivity index (χ1) is 15.3. The number of allylic oxidation sites excluding steroid dienone is 1. The highest BCUT2D eigenvalue weighted by molar-refractivity contribution is 6.88. The van der Waals surface area contributed by atoms with Crippen LogP contribution in [0.4, 0.5) is 0 Å². The second-order valence-electron chi connectivity index (χ2n) is 10.2. The lowest BCUT2D eigenvalue weighted by Gasteiger charge is -2.42. The summed E-state index contributed by atoms with van der Waals surface area (Å²) in [5.41, 5.74) is 7.98. The van der Waals surface area contributed by atoms with Crippen LogP contribution in [0.5, 0.6) is 5.75 Å². The molecule has 0 saturated carbocycles. The molecule has 0 amide bonds. The van der Waals surface area contributed by atoms with Crippen LogP contribution in [0.15, 0.2) is 90.3 Å². The Morgan fingerprint density at radius 3 is 1.88 bits per heavy atom. The topological polar surface area (TPSA) is 9.23 Å². The third kappa shape index (κ3) is 3.75. The Labute approximate surface area is 194 Å². The summed E-state index contributed by atoms with van der Waals surface area (Å²) < 4.78 is 6.71. The molecule has 166 valence electrons. The molecule has 4 rings (SSSR count). The molecule has 0 saturated heterocycles. The van der Waals surface area contributed by atoms with Gasteiger partial charge in [-0.3, -0.25) is 0 Å². The van der Waals surface area contributed by atoms with Gasteiger partial charge in [-0.2, -0.15) is 0 Å². The predicted molar refractivity (Wildman–Crippen MR) is 141 cm³/mol. The molecule has 1 atom stereocenters. The van der Waals surface area contributed by atoms with Gasteiger partial charge in [0.25, 0.3) is 0 Å². The van der Waals surface area contributed by atoms with Crippen molar-refractivity contribution < 1.29 is 4.74 Å². The van der Waals surface area contributed by atoms with Crippen molar-refractivity contribution in [1.82, 2.24) is 0 Å². The van der Waals surface area contributed by atoms with Gasteiger partial charge < -0.3 is 4.74 Å². The van der Waals surface area contributed by atoms with Crippen LogP contribution >= 0.6 is 0 Å². The number of ether oxygens (including phenoxy) is 1. The molecule has 0 radical (unpaired) electrons. The molecule has 32 heavy (non-hydrogen) atoms. The van der Waals surface area contributed by atoms with Crippen molar-refractivity contribution in [1.29, 1.82) is 0 Å². The summed E-state index contributed by atoms with van der Waals surface area (Å²) in [6.07, 6.45) is 0. The van der Waals surface area contributed by atoms with Crippen LogP contribution in [-0.2, 0) is 0 Å². The van der Waals surface area contributed by atoms with Crippen LogP contribution in [0.25, 0.3) is 10.8 Å². The smallest absolute Gasteiger partial charge is 0.132 e. The van der Waals surface area contributed by atoms with Crippen LogP contribution < -0.4 is 4.74 Å². The van der Waals surface area contributed by atoms with Gasteiger partial charge in [0.1, 0.15) is 11.5 Å². The fraction of sp³-hybridized carbons (Fsp3) is 0.333. The molecule has 3 aromatic rings. The van der Waals surface area contributed by atoms with Gasteiger partial charge in [-0.1, -0.05) is 108 Å². The highest BCUT2D eigenvalue weighted by Crippen LogP contribution is 2.49. The quantitative estimate of drug-likeness (QED) is 0.360. The molecule has 0 fully saturated rings. The van der Waals surface area contributed by atoms with Crippen molar-refractivity contribution >= 4 is 18.8 Å². The van der Waals surface area contributed by atoms with Gasteiger partial charge in [0, 0.05) is 11.5 Å². The summed E-state index contributed by atoms with van der Waals surface area (Å²) in [7, 11) is -1.81. The molecule has 0 bridgehead atoms. The standard InChI is InChI=1S/C30H36OSi/c1-20(2)32(21(3)4,22(5)6)19-29-23(7)30(24-13-9-8-10-14-24)27-17-25-15-11-12-16-26(25)18-28(27)31-29/h8-22,30H,7H2,1-6H3/b29-19-. The van der Waals surface area contributed by atoms with Gasteiger partial charge in [0.05, 0.1) is 8.07 Å². The maximum atomic E-state index is 6.71. The minimum atomic E-state index is -1.81. The average Bonchev–Trinajstić information content (AvgIpc) is 2.76. The lowest BCUT2D eigenvalue weighted by atomic mass is 9.82. The summed E-state index contributed by atoms with van der Waals surface area (Å²) >= 11 is 0. The van der Waals surface area contributed by atoms with Crippen molar-refractivity contribution in [3.05, 3.63) is 101 Å². The first-order valence-electron chi connectivity index (χ1n) is 11.9. The molecule has 1 heterocycles. The first kappa shape index (κ1) is 22.6. The highest BCUT2D eigenvalue weighted by Gasteiger charge is 2.43. The van der Waals surface area contributed by atoms with Crippen LogP contribution in [0, 0.1) is 0 Å². The Morgan fingerprint density at radius 1 is 0.781 bits per heavy atom. The van der Waals surface area contributed by atoms with Crippen LogP contribution in [0.3, 0.4) is 0 Å². The van der Waals surface area contributed by atoms with E-state index in [9.17, 15) is 0 Å². The maximum absolute atomic E-state index is 6.71. The average molecular weight is 441 g/mol. The van der Waals surface area contributed by atoms with Crippen molar-refractivity contribution in [3.63, 3.8) is 0 Å². The fourth-order valence-corrected chi connectivity index (χ4v) is 11.6. The molecule has 1 nitrogen and oxygen atoms in total. The number of rotatable bonds is 5. The van der Waals surface area contributed by atoms with Gasteiger partial charge >= 0.3 is 0 Å². The number of fused-ring (bicyclic) bond motifs is 2. The second kappa shape index (κ2) is 8.75. The predicted octanol–water partition coefficient (Wildman–Crippen LogP) is 9.02. The first-order valence-corrected chi connectivity index (χ1v) is 14.2. The lowest BCUT2D eigenvalue weighted by Crippen LogP contribution is -2.43. The fourth-order valence-electron chi connectivity index (χ4n) is 5.94. The molecular weight excluding hydrogens is 404 g/mol. The Balaban J connectivity index is 1.95. The van der Waals surface area contributed by atoms with Gasteiger partial charge in [-0.15, -0.1) is 0 Å². The molecule has 0 N–H and O–H groups in total. The largest absolute Gasteiger partial charge is 0.457 e. The summed E-state index contributed by atoms with van der Waals surface area (Å²) in [5.74, 6) is 2.06. The molecular formula is C30H36OSi. The van der Waals surface area contributed by atoms with Crippen LogP contribution in [0.2, 0.25) is 16.6 Å². The van der Waals surface area contributed by atoms with E-state index in [0.29, 0.717) is 16.6 Å². The van der Waals surface area contributed by atoms with E-state index in [2.05, 4.69) is 121 Å². The number of hydrogen-bond acceptors (Lipinski definition) is 1. The molecule has 0 spiro atoms. The lowest BCUT2D eigenvalue weighted by molar-refractivity contribution is 0.409. The Kier molecular flexibility index (Phi) is 6.18. The Bertz CT molecular complexity index is 1130. The van der Waals surface area contributed by atoms with E-state index in [1.165, 1.54) is 21.9 Å². The molecule has 1 aliphatic heterocycles. The van der Waals surface area contributed by atoms with Gasteiger partial charge in [-0.05, 0) is 50.7 Å². The van der Waals surface area contributed by atoms with E-state index < -0.39 is 8.07 Å². The van der Waals surface area contributed by atoms with Gasteiger partial charge in [-0.25, -0.2) is 0 Å². The highest BCUT2D eigenvalue weighted by atomic mass is 28.3. The van der Waals surface area contributed by atoms with E-state index in [-0.39, 0.29) is 5.92 Å². The van der Waals surface area contributed by atoms with E-state index in [1.54, 1.807) is 0 Å².